The van der Waals surface area contributed by atoms with E-state index in [9.17, 15) is 4.79 Å². The molecule has 1 atom stereocenters. The van der Waals surface area contributed by atoms with Crippen LogP contribution in [0.4, 0.5) is 4.79 Å². The molecular weight excluding hydrogens is 308 g/mol. The quantitative estimate of drug-likeness (QED) is 0.832. The zero-order valence-electron chi connectivity index (χ0n) is 13.4. The lowest BCUT2D eigenvalue weighted by molar-refractivity contribution is 0.149. The number of amides is 2. The summed E-state index contributed by atoms with van der Waals surface area (Å²) in [6.07, 6.45) is 6.23. The third-order valence-corrected chi connectivity index (χ3v) is 5.98. The molecule has 1 unspecified atom stereocenters. The summed E-state index contributed by atoms with van der Waals surface area (Å²) < 4.78 is 0. The molecule has 1 saturated heterocycles. The van der Waals surface area contributed by atoms with Crippen LogP contribution in [-0.2, 0) is 6.54 Å². The van der Waals surface area contributed by atoms with Crippen LogP contribution in [0.5, 0.6) is 0 Å². The van der Waals surface area contributed by atoms with E-state index in [1.54, 1.807) is 11.8 Å². The summed E-state index contributed by atoms with van der Waals surface area (Å²) >= 11 is 1.74. The molecule has 1 aliphatic carbocycles. The lowest BCUT2D eigenvalue weighted by atomic mass is 10.2. The van der Waals surface area contributed by atoms with Gasteiger partial charge in [0.25, 0.3) is 0 Å². The van der Waals surface area contributed by atoms with Gasteiger partial charge in [-0.25, -0.2) is 4.79 Å². The summed E-state index contributed by atoms with van der Waals surface area (Å²) in [5.74, 6) is 0.753. The molecule has 1 saturated carbocycles. The van der Waals surface area contributed by atoms with Gasteiger partial charge in [-0.1, -0.05) is 11.8 Å². The average Bonchev–Trinajstić information content (AvgIpc) is 3.23. The minimum Gasteiger partial charge on any atom is -0.341 e. The molecule has 4 rings (SSSR count). The second-order valence-electron chi connectivity index (χ2n) is 6.57. The van der Waals surface area contributed by atoms with E-state index in [1.165, 1.54) is 24.1 Å². The fourth-order valence-electron chi connectivity index (χ4n) is 3.19. The van der Waals surface area contributed by atoms with E-state index < -0.39 is 0 Å². The molecule has 3 heterocycles. The van der Waals surface area contributed by atoms with Gasteiger partial charge < -0.3 is 9.80 Å². The molecule has 1 aromatic heterocycles. The fraction of sp³-hybridized carbons (Fsp3) is 0.529. The van der Waals surface area contributed by atoms with Crippen molar-refractivity contribution in [2.24, 2.45) is 5.92 Å². The van der Waals surface area contributed by atoms with Gasteiger partial charge in [0.1, 0.15) is 0 Å². The van der Waals surface area contributed by atoms with Crippen molar-refractivity contribution >= 4 is 17.8 Å². The topological polar surface area (TPSA) is 39.7 Å². The Labute approximate surface area is 141 Å². The molecule has 1 aromatic rings. The predicted molar refractivity (Wildman–Crippen MR) is 91.3 cm³/mol. The number of aromatic nitrogens is 1. The Morgan fingerprint density at radius 3 is 2.78 bits per heavy atom. The summed E-state index contributed by atoms with van der Waals surface area (Å²) in [4.78, 5) is 23.2. The van der Waals surface area contributed by atoms with E-state index in [-0.39, 0.29) is 11.5 Å². The maximum Gasteiger partial charge on any atom is 0.322 e. The molecule has 3 aliphatic rings. The largest absolute Gasteiger partial charge is 0.341 e. The molecule has 23 heavy (non-hydrogen) atoms. The van der Waals surface area contributed by atoms with Crippen molar-refractivity contribution < 1.29 is 4.79 Å². The first-order valence-corrected chi connectivity index (χ1v) is 9.20. The number of nitrogens with zero attached hydrogens (tertiary/aromatic N) is 4. The standard InChI is InChI=1S/C17H22N4OS/c1-13-12-23-17(21(13)11-15-4-6-18-7-5-15)20-9-8-19(16(20)22)10-14-2-3-14/h4-7,12,14,17H,2-3,8-11H2,1H3. The number of hydrogen-bond acceptors (Lipinski definition) is 4. The van der Waals surface area contributed by atoms with Crippen molar-refractivity contribution in [3.05, 3.63) is 41.2 Å². The number of urea groups is 1. The molecule has 6 heteroatoms. The predicted octanol–water partition coefficient (Wildman–Crippen LogP) is 2.92. The number of pyridine rings is 1. The highest BCUT2D eigenvalue weighted by atomic mass is 32.2. The Balaban J connectivity index is 1.46. The molecule has 0 N–H and O–H groups in total. The second-order valence-corrected chi connectivity index (χ2v) is 7.50. The molecule has 0 radical (unpaired) electrons. The van der Waals surface area contributed by atoms with Gasteiger partial charge in [0, 0.05) is 44.3 Å². The van der Waals surface area contributed by atoms with Crippen LogP contribution >= 0.6 is 11.8 Å². The van der Waals surface area contributed by atoms with Gasteiger partial charge in [-0.15, -0.1) is 0 Å². The van der Waals surface area contributed by atoms with Crippen LogP contribution in [0.25, 0.3) is 0 Å². The SMILES string of the molecule is CC1=CSC(N2CCN(CC3CC3)C2=O)N1Cc1ccncc1. The Morgan fingerprint density at radius 1 is 1.26 bits per heavy atom. The maximum atomic E-state index is 12.7. The molecule has 122 valence electrons. The molecule has 0 aromatic carbocycles. The number of hydrogen-bond donors (Lipinski definition) is 0. The normalized spacial score (nSPS) is 24.6. The number of carbonyl (C=O) groups is 1. The Bertz CT molecular complexity index is 616. The van der Waals surface area contributed by atoms with Crippen molar-refractivity contribution in [2.75, 3.05) is 19.6 Å². The Morgan fingerprint density at radius 2 is 2.04 bits per heavy atom. The van der Waals surface area contributed by atoms with Crippen LogP contribution < -0.4 is 0 Å². The molecular formula is C17H22N4OS. The number of carbonyl (C=O) groups excluding carboxylic acids is 1. The van der Waals surface area contributed by atoms with E-state index in [4.69, 9.17) is 0 Å². The van der Waals surface area contributed by atoms with Crippen LogP contribution in [-0.4, -0.2) is 50.8 Å². The van der Waals surface area contributed by atoms with Crippen molar-refractivity contribution in [3.8, 4) is 0 Å². The van der Waals surface area contributed by atoms with Crippen molar-refractivity contribution in [1.29, 1.82) is 0 Å². The van der Waals surface area contributed by atoms with Crippen LogP contribution in [0.3, 0.4) is 0 Å². The third-order valence-electron chi connectivity index (χ3n) is 4.75. The van der Waals surface area contributed by atoms with Gasteiger partial charge in [-0.05, 0) is 48.8 Å². The van der Waals surface area contributed by atoms with E-state index in [2.05, 4.69) is 22.2 Å². The molecule has 0 spiro atoms. The van der Waals surface area contributed by atoms with E-state index in [0.717, 1.165) is 32.1 Å². The second kappa shape index (κ2) is 6.07. The van der Waals surface area contributed by atoms with Crippen LogP contribution in [0.2, 0.25) is 0 Å². The minimum absolute atomic E-state index is 0.0832. The first-order chi connectivity index (χ1) is 11.2. The number of allylic oxidation sites excluding steroid dienone is 1. The highest BCUT2D eigenvalue weighted by molar-refractivity contribution is 8.02. The summed E-state index contributed by atoms with van der Waals surface area (Å²) in [5.41, 5.74) is 2.53. The van der Waals surface area contributed by atoms with Gasteiger partial charge in [-0.3, -0.25) is 9.88 Å². The molecule has 2 aliphatic heterocycles. The third kappa shape index (κ3) is 3.04. The van der Waals surface area contributed by atoms with Gasteiger partial charge >= 0.3 is 6.03 Å². The van der Waals surface area contributed by atoms with E-state index in [0.29, 0.717) is 0 Å². The summed E-state index contributed by atoms with van der Waals surface area (Å²) in [6.45, 7) is 5.58. The molecule has 2 fully saturated rings. The number of rotatable bonds is 5. The molecule has 5 nitrogen and oxygen atoms in total. The van der Waals surface area contributed by atoms with Crippen LogP contribution in [0.1, 0.15) is 25.3 Å². The van der Waals surface area contributed by atoms with Gasteiger partial charge in [0.15, 0.2) is 5.50 Å². The van der Waals surface area contributed by atoms with Crippen molar-refractivity contribution in [3.63, 3.8) is 0 Å². The first kappa shape index (κ1) is 14.9. The average molecular weight is 330 g/mol. The Hall–Kier alpha value is -1.69. The minimum atomic E-state index is 0.0832. The van der Waals surface area contributed by atoms with Crippen LogP contribution in [0.15, 0.2) is 35.6 Å². The van der Waals surface area contributed by atoms with Crippen molar-refractivity contribution in [2.45, 2.75) is 31.8 Å². The first-order valence-electron chi connectivity index (χ1n) is 8.26. The van der Waals surface area contributed by atoms with E-state index >= 15 is 0 Å². The zero-order valence-corrected chi connectivity index (χ0v) is 14.2. The van der Waals surface area contributed by atoms with Gasteiger partial charge in [0.2, 0.25) is 0 Å². The molecule has 2 amide bonds. The van der Waals surface area contributed by atoms with Gasteiger partial charge in [-0.2, -0.15) is 0 Å². The lowest BCUT2D eigenvalue weighted by Crippen LogP contribution is -2.45. The summed E-state index contributed by atoms with van der Waals surface area (Å²) in [6, 6.07) is 4.29. The van der Waals surface area contributed by atoms with Crippen molar-refractivity contribution in [1.82, 2.24) is 19.7 Å². The van der Waals surface area contributed by atoms with E-state index in [1.807, 2.05) is 34.3 Å². The highest BCUT2D eigenvalue weighted by Crippen LogP contribution is 2.37. The lowest BCUT2D eigenvalue weighted by Gasteiger charge is -2.34. The summed E-state index contributed by atoms with van der Waals surface area (Å²) in [7, 11) is 0. The van der Waals surface area contributed by atoms with Gasteiger partial charge in [0.05, 0.1) is 0 Å². The smallest absolute Gasteiger partial charge is 0.322 e. The summed E-state index contributed by atoms with van der Waals surface area (Å²) in [5, 5.41) is 2.17. The van der Waals surface area contributed by atoms with Crippen LogP contribution in [0, 0.1) is 5.92 Å². The zero-order chi connectivity index (χ0) is 15.8. The fourth-order valence-corrected chi connectivity index (χ4v) is 4.38. The number of thioether (sulfide) groups is 1. The highest BCUT2D eigenvalue weighted by Gasteiger charge is 2.40. The monoisotopic (exact) mass is 330 g/mol. The maximum absolute atomic E-state index is 12.7. The Kier molecular flexibility index (Phi) is 3.93. The molecule has 0 bridgehead atoms.